The molecule has 2 N–H and O–H groups in total. The molecule has 0 saturated heterocycles. The number of esters is 1. The molecule has 1 unspecified atom stereocenters. The van der Waals surface area contributed by atoms with Crippen molar-refractivity contribution in [3.63, 3.8) is 0 Å². The van der Waals surface area contributed by atoms with Gasteiger partial charge in [0, 0.05) is 13.3 Å². The van der Waals surface area contributed by atoms with E-state index in [2.05, 4.69) is 15.9 Å². The number of ether oxygens (including phenoxy) is 1. The number of hydrogen-bond acceptors (Lipinski definition) is 5. The molecule has 0 saturated carbocycles. The summed E-state index contributed by atoms with van der Waals surface area (Å²) in [6.07, 6.45) is 2.39. The van der Waals surface area contributed by atoms with Gasteiger partial charge >= 0.3 is 17.9 Å². The third-order valence-corrected chi connectivity index (χ3v) is 4.22. The summed E-state index contributed by atoms with van der Waals surface area (Å²) in [5.41, 5.74) is 1.79. The minimum Gasteiger partial charge on any atom is -0.462 e. The van der Waals surface area contributed by atoms with Crippen LogP contribution in [0.4, 0.5) is 16.4 Å². The first-order chi connectivity index (χ1) is 14.1. The third-order valence-electron chi connectivity index (χ3n) is 4.22. The standard InChI is InChI=1S/C21H22N4O4/c1-3-28-20(26)17-11-7-8-12-18(17)22-21(27)23-19-14-25(24-29-19)15(2)13-16-9-5-4-6-10-16/h4-12,14-15H,3,13H2,1-2H3,(H-,22,23,24,26,27)/p+1. The van der Waals surface area contributed by atoms with Crippen molar-refractivity contribution in [1.29, 1.82) is 0 Å². The van der Waals surface area contributed by atoms with Gasteiger partial charge in [0.25, 0.3) is 6.20 Å². The number of carbonyl (C=O) groups is 2. The molecule has 0 aliphatic heterocycles. The van der Waals surface area contributed by atoms with Crippen LogP contribution in [0.3, 0.4) is 0 Å². The molecule has 0 radical (unpaired) electrons. The molecular weight excluding hydrogens is 372 g/mol. The van der Waals surface area contributed by atoms with Gasteiger partial charge in [-0.15, -0.1) is 0 Å². The molecule has 29 heavy (non-hydrogen) atoms. The van der Waals surface area contributed by atoms with Crippen LogP contribution >= 0.6 is 0 Å². The lowest BCUT2D eigenvalue weighted by Gasteiger charge is -2.09. The van der Waals surface area contributed by atoms with Gasteiger partial charge in [0.2, 0.25) is 5.27 Å². The van der Waals surface area contributed by atoms with Crippen LogP contribution < -0.4 is 15.3 Å². The lowest BCUT2D eigenvalue weighted by Crippen LogP contribution is -2.40. The van der Waals surface area contributed by atoms with E-state index in [1.165, 1.54) is 5.56 Å². The summed E-state index contributed by atoms with van der Waals surface area (Å²) in [4.78, 5) is 24.3. The lowest BCUT2D eigenvalue weighted by molar-refractivity contribution is -0.782. The first-order valence-corrected chi connectivity index (χ1v) is 9.33. The van der Waals surface area contributed by atoms with E-state index >= 15 is 0 Å². The molecular formula is C21H23N4O4+. The molecule has 2 aromatic carbocycles. The van der Waals surface area contributed by atoms with Gasteiger partial charge in [-0.25, -0.2) is 9.59 Å². The Bertz CT molecular complexity index is 972. The van der Waals surface area contributed by atoms with Crippen LogP contribution in [0.5, 0.6) is 0 Å². The van der Waals surface area contributed by atoms with Crippen molar-refractivity contribution in [2.75, 3.05) is 17.2 Å². The van der Waals surface area contributed by atoms with E-state index < -0.39 is 12.0 Å². The summed E-state index contributed by atoms with van der Waals surface area (Å²) >= 11 is 0. The zero-order valence-electron chi connectivity index (χ0n) is 16.3. The van der Waals surface area contributed by atoms with E-state index in [0.717, 1.165) is 6.42 Å². The van der Waals surface area contributed by atoms with Crippen LogP contribution in [-0.4, -0.2) is 23.9 Å². The van der Waals surface area contributed by atoms with Crippen LogP contribution in [0.2, 0.25) is 0 Å². The van der Waals surface area contributed by atoms with Gasteiger partial charge in [0.1, 0.15) is 0 Å². The minimum atomic E-state index is -0.555. The van der Waals surface area contributed by atoms with E-state index in [4.69, 9.17) is 9.26 Å². The summed E-state index contributed by atoms with van der Waals surface area (Å²) < 4.78 is 11.8. The highest BCUT2D eigenvalue weighted by Gasteiger charge is 2.21. The van der Waals surface area contributed by atoms with Gasteiger partial charge in [0.15, 0.2) is 6.04 Å². The highest BCUT2D eigenvalue weighted by atomic mass is 16.5. The van der Waals surface area contributed by atoms with Crippen LogP contribution in [0.1, 0.15) is 35.8 Å². The molecule has 0 fully saturated rings. The summed E-state index contributed by atoms with van der Waals surface area (Å²) in [6.45, 7) is 3.98. The molecule has 150 valence electrons. The molecule has 1 aromatic heterocycles. The molecule has 8 nitrogen and oxygen atoms in total. The Balaban J connectivity index is 1.62. The normalized spacial score (nSPS) is 11.5. The number of anilines is 2. The predicted octanol–water partition coefficient (Wildman–Crippen LogP) is 3.59. The number of nitrogens with one attached hydrogen (secondary N) is 2. The molecule has 0 aliphatic rings. The summed E-state index contributed by atoms with van der Waals surface area (Å²) in [7, 11) is 0. The first kappa shape index (κ1) is 20.1. The van der Waals surface area contributed by atoms with E-state index in [0.29, 0.717) is 5.69 Å². The number of aromatic nitrogens is 2. The quantitative estimate of drug-likeness (QED) is 0.471. The van der Waals surface area contributed by atoms with E-state index in [1.807, 2.05) is 37.3 Å². The van der Waals surface area contributed by atoms with E-state index in [9.17, 15) is 9.59 Å². The number of carbonyl (C=O) groups excluding carboxylic acids is 2. The van der Waals surface area contributed by atoms with Crippen LogP contribution in [0.25, 0.3) is 0 Å². The largest absolute Gasteiger partial charge is 0.462 e. The van der Waals surface area contributed by atoms with Crippen molar-refractivity contribution in [2.45, 2.75) is 26.3 Å². The Labute approximate surface area is 168 Å². The van der Waals surface area contributed by atoms with Crippen molar-refractivity contribution in [1.82, 2.24) is 5.27 Å². The fourth-order valence-electron chi connectivity index (χ4n) is 2.81. The topological polar surface area (TPSA) is 97.3 Å². The number of amides is 2. The van der Waals surface area contributed by atoms with Gasteiger partial charge in [-0.05, 0) is 29.3 Å². The molecule has 2 amide bonds. The van der Waals surface area contributed by atoms with Crippen molar-refractivity contribution in [2.24, 2.45) is 0 Å². The highest BCUT2D eigenvalue weighted by Crippen LogP contribution is 2.17. The Kier molecular flexibility index (Phi) is 6.57. The van der Waals surface area contributed by atoms with Gasteiger partial charge in [-0.3, -0.25) is 9.84 Å². The highest BCUT2D eigenvalue weighted by molar-refractivity contribution is 6.04. The minimum absolute atomic E-state index is 0.0456. The van der Waals surface area contributed by atoms with Crippen LogP contribution in [0, 0.1) is 0 Å². The number of urea groups is 1. The molecule has 0 bridgehead atoms. The van der Waals surface area contributed by atoms with E-state index in [-0.39, 0.29) is 24.1 Å². The summed E-state index contributed by atoms with van der Waals surface area (Å²) in [6, 6.07) is 16.1. The second-order valence-electron chi connectivity index (χ2n) is 6.43. The summed E-state index contributed by atoms with van der Waals surface area (Å²) in [5, 5.41) is 9.17. The molecule has 1 atom stereocenters. The maximum Gasteiger partial charge on any atom is 0.340 e. The van der Waals surface area contributed by atoms with Gasteiger partial charge < -0.3 is 10.1 Å². The van der Waals surface area contributed by atoms with Crippen molar-refractivity contribution in [3.05, 3.63) is 71.9 Å². The van der Waals surface area contributed by atoms with Crippen molar-refractivity contribution in [3.8, 4) is 0 Å². The SMILES string of the molecule is CCOC(=O)c1ccccc1NC(=O)Nc1c[n+](C(C)Cc2ccccc2)no1. The van der Waals surface area contributed by atoms with Crippen molar-refractivity contribution < 1.29 is 23.5 Å². The smallest absolute Gasteiger partial charge is 0.340 e. The number of nitrogens with zero attached hydrogens (tertiary/aromatic N) is 2. The Morgan fingerprint density at radius 2 is 1.83 bits per heavy atom. The molecule has 3 aromatic rings. The fourth-order valence-corrected chi connectivity index (χ4v) is 2.81. The molecule has 0 aliphatic carbocycles. The Morgan fingerprint density at radius 1 is 1.10 bits per heavy atom. The Hall–Kier alpha value is -3.68. The monoisotopic (exact) mass is 395 g/mol. The summed E-state index contributed by atoms with van der Waals surface area (Å²) in [5.74, 6) is -0.313. The van der Waals surface area contributed by atoms with Crippen molar-refractivity contribution >= 4 is 23.6 Å². The van der Waals surface area contributed by atoms with Crippen LogP contribution in [-0.2, 0) is 11.2 Å². The maximum absolute atomic E-state index is 12.3. The third kappa shape index (κ3) is 5.41. The lowest BCUT2D eigenvalue weighted by atomic mass is 10.1. The first-order valence-electron chi connectivity index (χ1n) is 9.33. The number of benzene rings is 2. The van der Waals surface area contributed by atoms with Gasteiger partial charge in [-0.2, -0.15) is 0 Å². The fraction of sp³-hybridized carbons (Fsp3) is 0.238. The number of rotatable bonds is 7. The molecule has 3 rings (SSSR count). The maximum atomic E-state index is 12.3. The average Bonchev–Trinajstić information content (AvgIpc) is 3.18. The number of para-hydroxylation sites is 1. The van der Waals surface area contributed by atoms with Crippen LogP contribution in [0.15, 0.2) is 65.3 Å². The second kappa shape index (κ2) is 9.50. The molecule has 0 spiro atoms. The zero-order chi connectivity index (χ0) is 20.6. The Morgan fingerprint density at radius 3 is 2.59 bits per heavy atom. The van der Waals surface area contributed by atoms with Gasteiger partial charge in [-0.1, -0.05) is 42.5 Å². The van der Waals surface area contributed by atoms with Gasteiger partial charge in [0.05, 0.1) is 17.9 Å². The second-order valence-corrected chi connectivity index (χ2v) is 6.43. The predicted molar refractivity (Wildman–Crippen MR) is 107 cm³/mol. The molecule has 1 heterocycles. The molecule has 8 heteroatoms. The van der Waals surface area contributed by atoms with E-state index in [1.54, 1.807) is 42.1 Å². The average molecular weight is 395 g/mol. The zero-order valence-corrected chi connectivity index (χ0v) is 16.3. The number of hydrogen-bond donors (Lipinski definition) is 2.